The SMILES string of the molecule is COc1cnc2ccc(Oc3ccc(NC(=O)c4ccc(Cl)c(C(F)(F)F)c4)cc3F)cc2n1.O=C(Nc1ccc(Oc2ccc3ncc(OCCO)nc3c2)c(F)c1)c1ccc(Cl)c(C(F)(F)F)c1. The molecular formula is C47H30Cl2F8N6O7. The number of halogens is 10. The highest BCUT2D eigenvalue weighted by molar-refractivity contribution is 6.32. The number of aliphatic hydroxyl groups is 1. The molecule has 0 aliphatic rings. The zero-order chi connectivity index (χ0) is 50.3. The molecule has 0 saturated heterocycles. The summed E-state index contributed by atoms with van der Waals surface area (Å²) >= 11 is 11.1. The van der Waals surface area contributed by atoms with E-state index in [4.69, 9.17) is 47.3 Å². The topological polar surface area (TPSA) is 167 Å². The molecule has 2 heterocycles. The van der Waals surface area contributed by atoms with Crippen molar-refractivity contribution in [3.05, 3.63) is 166 Å². The van der Waals surface area contributed by atoms with E-state index < -0.39 is 57.0 Å². The zero-order valence-electron chi connectivity index (χ0n) is 35.4. The number of alkyl halides is 6. The molecule has 0 spiro atoms. The smallest absolute Gasteiger partial charge is 0.417 e. The minimum Gasteiger partial charge on any atom is -0.480 e. The summed E-state index contributed by atoms with van der Waals surface area (Å²) in [6.45, 7) is -0.140. The van der Waals surface area contributed by atoms with Crippen molar-refractivity contribution in [3.8, 4) is 34.8 Å². The van der Waals surface area contributed by atoms with Crippen molar-refractivity contribution < 1.29 is 68.8 Å². The van der Waals surface area contributed by atoms with Gasteiger partial charge in [0.2, 0.25) is 11.8 Å². The third kappa shape index (κ3) is 12.4. The highest BCUT2D eigenvalue weighted by atomic mass is 35.5. The van der Waals surface area contributed by atoms with Crippen LogP contribution in [-0.2, 0) is 12.4 Å². The fourth-order valence-corrected chi connectivity index (χ4v) is 6.59. The van der Waals surface area contributed by atoms with Crippen LogP contribution >= 0.6 is 23.2 Å². The van der Waals surface area contributed by atoms with E-state index in [1.807, 2.05) is 0 Å². The normalized spacial score (nSPS) is 11.4. The van der Waals surface area contributed by atoms with Crippen molar-refractivity contribution in [2.24, 2.45) is 0 Å². The Morgan fingerprint density at radius 2 is 1.03 bits per heavy atom. The van der Waals surface area contributed by atoms with Crippen LogP contribution in [0.25, 0.3) is 22.1 Å². The first-order valence-corrected chi connectivity index (χ1v) is 20.7. The number of amides is 2. The van der Waals surface area contributed by atoms with Crippen molar-refractivity contribution in [2.75, 3.05) is 31.0 Å². The summed E-state index contributed by atoms with van der Waals surface area (Å²) in [6.07, 6.45) is -6.60. The predicted octanol–water partition coefficient (Wildman–Crippen LogP) is 12.4. The van der Waals surface area contributed by atoms with Gasteiger partial charge in [-0.2, -0.15) is 26.3 Å². The van der Waals surface area contributed by atoms with Crippen LogP contribution < -0.4 is 29.6 Å². The first-order valence-electron chi connectivity index (χ1n) is 19.9. The van der Waals surface area contributed by atoms with Crippen molar-refractivity contribution in [3.63, 3.8) is 0 Å². The molecule has 6 aromatic carbocycles. The summed E-state index contributed by atoms with van der Waals surface area (Å²) in [5.41, 5.74) is -0.854. The molecule has 0 bridgehead atoms. The van der Waals surface area contributed by atoms with Gasteiger partial charge >= 0.3 is 12.4 Å². The fraction of sp³-hybridized carbons (Fsp3) is 0.106. The van der Waals surface area contributed by atoms with E-state index in [0.29, 0.717) is 40.1 Å². The molecule has 8 rings (SSSR count). The molecule has 0 aliphatic heterocycles. The first kappa shape index (κ1) is 50.0. The maximum atomic E-state index is 14.7. The standard InChI is InChI=1S/C24H16ClF4N3O4.C23H14ClF4N3O3/c25-17-4-1-13(9-16(17)24(27,28)29)23(34)31-14-2-6-21(18(26)10-14)36-15-3-5-19-20(11-15)32-22(12-30-19)35-8-7-33;1-33-21-11-29-18-6-4-14(10-19(18)31-21)34-20-7-3-13(9-17(20)25)30-22(32)12-2-5-16(24)15(8-12)23(26,27)28/h1-6,9-12,33H,7-8H2,(H,31,34);2-11H,1H3,(H,30,32). The third-order valence-corrected chi connectivity index (χ3v) is 10.1. The lowest BCUT2D eigenvalue weighted by Gasteiger charge is -2.12. The predicted molar refractivity (Wildman–Crippen MR) is 240 cm³/mol. The lowest BCUT2D eigenvalue weighted by molar-refractivity contribution is -0.138. The number of methoxy groups -OCH3 is 1. The van der Waals surface area contributed by atoms with Crippen LogP contribution in [0.4, 0.5) is 46.5 Å². The number of rotatable bonds is 12. The minimum absolute atomic E-state index is 0.00316. The quantitative estimate of drug-likeness (QED) is 0.0997. The van der Waals surface area contributed by atoms with Crippen molar-refractivity contribution in [1.82, 2.24) is 19.9 Å². The Kier molecular flexibility index (Phi) is 15.1. The van der Waals surface area contributed by atoms with Gasteiger partial charge < -0.3 is 34.7 Å². The van der Waals surface area contributed by atoms with Crippen molar-refractivity contribution in [1.29, 1.82) is 0 Å². The first-order chi connectivity index (χ1) is 33.3. The van der Waals surface area contributed by atoms with E-state index in [2.05, 4.69) is 30.6 Å². The molecular weight excluding hydrogens is 983 g/mol. The largest absolute Gasteiger partial charge is 0.480 e. The van der Waals surface area contributed by atoms with Gasteiger partial charge in [0, 0.05) is 46.8 Å². The van der Waals surface area contributed by atoms with Crippen LogP contribution in [0.5, 0.6) is 34.8 Å². The Hall–Kier alpha value is -7.88. The Labute approximate surface area is 399 Å². The molecule has 13 nitrogen and oxygen atoms in total. The van der Waals surface area contributed by atoms with Crippen LogP contribution in [0.15, 0.2) is 122 Å². The summed E-state index contributed by atoms with van der Waals surface area (Å²) in [5.74, 6) is -2.65. The highest BCUT2D eigenvalue weighted by Gasteiger charge is 2.35. The number of carbonyl (C=O) groups is 2. The average Bonchev–Trinajstić information content (AvgIpc) is 3.32. The van der Waals surface area contributed by atoms with Gasteiger partial charge in [-0.1, -0.05) is 23.2 Å². The number of carbonyl (C=O) groups excluding carboxylic acids is 2. The molecule has 0 aliphatic carbocycles. The molecule has 0 fully saturated rings. The monoisotopic (exact) mass is 1010 g/mol. The zero-order valence-corrected chi connectivity index (χ0v) is 36.9. The molecule has 360 valence electrons. The number of hydrogen-bond acceptors (Lipinski definition) is 11. The second-order valence-corrected chi connectivity index (χ2v) is 15.1. The molecule has 70 heavy (non-hydrogen) atoms. The Balaban J connectivity index is 0.000000207. The van der Waals surface area contributed by atoms with Gasteiger partial charge in [0.15, 0.2) is 23.1 Å². The molecule has 2 amide bonds. The molecule has 0 atom stereocenters. The second kappa shape index (κ2) is 21.2. The molecule has 2 aromatic heterocycles. The fourth-order valence-electron chi connectivity index (χ4n) is 6.14. The van der Waals surface area contributed by atoms with Crippen LogP contribution in [0.1, 0.15) is 31.8 Å². The van der Waals surface area contributed by atoms with Gasteiger partial charge in [-0.3, -0.25) is 9.59 Å². The summed E-state index contributed by atoms with van der Waals surface area (Å²) in [4.78, 5) is 41.6. The van der Waals surface area contributed by atoms with Gasteiger partial charge in [-0.05, 0) is 84.9 Å². The van der Waals surface area contributed by atoms with E-state index in [-0.39, 0.29) is 64.6 Å². The second-order valence-electron chi connectivity index (χ2n) is 14.3. The molecule has 8 aromatic rings. The molecule has 3 N–H and O–H groups in total. The number of nitrogens with zero attached hydrogens (tertiary/aromatic N) is 4. The molecule has 0 saturated carbocycles. The number of anilines is 2. The van der Waals surface area contributed by atoms with E-state index in [9.17, 15) is 44.7 Å². The lowest BCUT2D eigenvalue weighted by Crippen LogP contribution is -2.14. The van der Waals surface area contributed by atoms with Crippen LogP contribution in [-0.4, -0.2) is 57.2 Å². The maximum absolute atomic E-state index is 14.7. The van der Waals surface area contributed by atoms with Crippen molar-refractivity contribution >= 4 is 68.5 Å². The third-order valence-electron chi connectivity index (χ3n) is 9.44. The summed E-state index contributed by atoms with van der Waals surface area (Å²) in [5, 5.41) is 12.5. The van der Waals surface area contributed by atoms with Crippen molar-refractivity contribution in [2.45, 2.75) is 12.4 Å². The number of nitrogens with one attached hydrogen (secondary N) is 2. The highest BCUT2D eigenvalue weighted by Crippen LogP contribution is 2.37. The number of fused-ring (bicyclic) bond motifs is 2. The lowest BCUT2D eigenvalue weighted by atomic mass is 10.1. The maximum Gasteiger partial charge on any atom is 0.417 e. The van der Waals surface area contributed by atoms with Crippen LogP contribution in [0.2, 0.25) is 10.0 Å². The Morgan fingerprint density at radius 1 is 0.586 bits per heavy atom. The van der Waals surface area contributed by atoms with Crippen LogP contribution in [0.3, 0.4) is 0 Å². The van der Waals surface area contributed by atoms with E-state index in [1.54, 1.807) is 30.3 Å². The number of aliphatic hydroxyl groups excluding tert-OH is 1. The van der Waals surface area contributed by atoms with E-state index in [1.165, 1.54) is 49.8 Å². The Morgan fingerprint density at radius 3 is 1.44 bits per heavy atom. The molecule has 23 heteroatoms. The molecule has 0 radical (unpaired) electrons. The van der Waals surface area contributed by atoms with E-state index >= 15 is 0 Å². The summed E-state index contributed by atoms with van der Waals surface area (Å²) in [7, 11) is 1.45. The van der Waals surface area contributed by atoms with E-state index in [0.717, 1.165) is 36.4 Å². The van der Waals surface area contributed by atoms with Gasteiger partial charge in [0.25, 0.3) is 11.8 Å². The average molecular weight is 1010 g/mol. The number of ether oxygens (including phenoxy) is 4. The number of benzene rings is 6. The number of hydrogen-bond donors (Lipinski definition) is 3. The van der Waals surface area contributed by atoms with Gasteiger partial charge in [-0.25, -0.2) is 28.7 Å². The Bertz CT molecular complexity index is 3260. The van der Waals surface area contributed by atoms with Gasteiger partial charge in [-0.15, -0.1) is 0 Å². The minimum atomic E-state index is -4.74. The summed E-state index contributed by atoms with van der Waals surface area (Å²) < 4.78 is 129. The molecule has 0 unspecified atom stereocenters. The summed E-state index contributed by atoms with van der Waals surface area (Å²) in [6, 6.07) is 22.1. The number of aromatic nitrogens is 4. The van der Waals surface area contributed by atoms with Gasteiger partial charge in [0.1, 0.15) is 18.1 Å². The van der Waals surface area contributed by atoms with Crippen LogP contribution in [0, 0.1) is 11.6 Å². The van der Waals surface area contributed by atoms with Gasteiger partial charge in [0.05, 0.1) is 69.3 Å².